The van der Waals surface area contributed by atoms with Crippen molar-refractivity contribution in [1.29, 1.82) is 0 Å². The van der Waals surface area contributed by atoms with Crippen molar-refractivity contribution in [2.75, 3.05) is 0 Å². The number of hydrogen-bond donors (Lipinski definition) is 1. The molecule has 4 rings (SSSR count). The van der Waals surface area contributed by atoms with Gasteiger partial charge in [-0.2, -0.15) is 4.99 Å². The van der Waals surface area contributed by atoms with Gasteiger partial charge in [-0.15, -0.1) is 6.42 Å². The number of benzene rings is 2. The predicted octanol–water partition coefficient (Wildman–Crippen LogP) is 1.02. The summed E-state index contributed by atoms with van der Waals surface area (Å²) in [6.45, 7) is -0.196. The standard InChI is InChI=1S/C19H14N4O5S2/c1-2-9-22-14-8-7-12(30(20,26)27)10-16(14)29-18(22)21-17(24)11-23-13-5-3-4-6-15(13)28-19(23)25/h1,3-8,10H,9,11H2,(H2,20,26,27). The number of thiazole rings is 1. The van der Waals surface area contributed by atoms with Crippen molar-refractivity contribution in [3.63, 3.8) is 0 Å². The molecule has 2 N–H and O–H groups in total. The molecule has 2 aromatic carbocycles. The molecule has 2 aromatic heterocycles. The summed E-state index contributed by atoms with van der Waals surface area (Å²) in [7, 11) is -3.88. The second kappa shape index (κ2) is 7.42. The van der Waals surface area contributed by atoms with E-state index in [1.54, 1.807) is 34.9 Å². The fraction of sp³-hybridized carbons (Fsp3) is 0.105. The van der Waals surface area contributed by atoms with Gasteiger partial charge in [-0.1, -0.05) is 29.4 Å². The number of sulfonamides is 1. The van der Waals surface area contributed by atoms with Gasteiger partial charge in [0, 0.05) is 0 Å². The molecule has 30 heavy (non-hydrogen) atoms. The van der Waals surface area contributed by atoms with E-state index in [1.165, 1.54) is 16.7 Å². The molecule has 0 saturated heterocycles. The first kappa shape index (κ1) is 19.8. The van der Waals surface area contributed by atoms with Crippen LogP contribution in [0.1, 0.15) is 0 Å². The van der Waals surface area contributed by atoms with Crippen LogP contribution in [0.3, 0.4) is 0 Å². The van der Waals surface area contributed by atoms with Gasteiger partial charge in [0.15, 0.2) is 10.4 Å². The van der Waals surface area contributed by atoms with Gasteiger partial charge in [0.1, 0.15) is 6.54 Å². The number of terminal acetylenes is 1. The molecule has 0 aliphatic heterocycles. The summed E-state index contributed by atoms with van der Waals surface area (Å²) in [5, 5.41) is 5.19. The molecule has 0 aliphatic rings. The zero-order valence-corrected chi connectivity index (χ0v) is 16.9. The smallest absolute Gasteiger partial charge is 0.408 e. The highest BCUT2D eigenvalue weighted by molar-refractivity contribution is 7.89. The first-order chi connectivity index (χ1) is 14.3. The number of carbonyl (C=O) groups is 1. The molecule has 0 fully saturated rings. The van der Waals surface area contributed by atoms with Crippen molar-refractivity contribution >= 4 is 48.6 Å². The van der Waals surface area contributed by atoms with Gasteiger partial charge < -0.3 is 8.98 Å². The summed E-state index contributed by atoms with van der Waals surface area (Å²) in [5.41, 5.74) is 1.47. The summed E-state index contributed by atoms with van der Waals surface area (Å²) in [6, 6.07) is 11.1. The zero-order chi connectivity index (χ0) is 21.5. The van der Waals surface area contributed by atoms with Crippen molar-refractivity contribution in [2.24, 2.45) is 10.1 Å². The number of carbonyl (C=O) groups excluding carboxylic acids is 1. The lowest BCUT2D eigenvalue weighted by Crippen LogP contribution is -2.22. The van der Waals surface area contributed by atoms with Crippen LogP contribution in [0.25, 0.3) is 21.3 Å². The van der Waals surface area contributed by atoms with E-state index in [-0.39, 0.29) is 22.8 Å². The fourth-order valence-electron chi connectivity index (χ4n) is 3.00. The average molecular weight is 442 g/mol. The second-order valence-electron chi connectivity index (χ2n) is 6.28. The van der Waals surface area contributed by atoms with Crippen molar-refractivity contribution in [2.45, 2.75) is 18.0 Å². The number of primary sulfonamides is 1. The number of fused-ring (bicyclic) bond motifs is 2. The summed E-state index contributed by atoms with van der Waals surface area (Å²) in [4.78, 5) is 29.0. The third-order valence-electron chi connectivity index (χ3n) is 4.32. The molecule has 0 saturated carbocycles. The number of rotatable bonds is 4. The van der Waals surface area contributed by atoms with E-state index in [0.29, 0.717) is 21.3 Å². The molecule has 0 spiro atoms. The van der Waals surface area contributed by atoms with Gasteiger partial charge in [0.05, 0.1) is 27.2 Å². The molecular formula is C19H14N4O5S2. The number of amides is 1. The highest BCUT2D eigenvalue weighted by atomic mass is 32.2. The van der Waals surface area contributed by atoms with Crippen molar-refractivity contribution in [1.82, 2.24) is 9.13 Å². The fourth-order valence-corrected chi connectivity index (χ4v) is 4.70. The van der Waals surface area contributed by atoms with Crippen LogP contribution in [-0.2, 0) is 27.9 Å². The molecule has 0 atom stereocenters. The van der Waals surface area contributed by atoms with E-state index in [9.17, 15) is 18.0 Å². The molecule has 0 unspecified atom stereocenters. The lowest BCUT2D eigenvalue weighted by Gasteiger charge is -2.01. The van der Waals surface area contributed by atoms with Crippen LogP contribution in [0, 0.1) is 12.3 Å². The SMILES string of the molecule is C#CCn1c(=NC(=O)Cn2c(=O)oc3ccccc32)sc2cc(S(N)(=O)=O)ccc21. The first-order valence-corrected chi connectivity index (χ1v) is 10.9. The lowest BCUT2D eigenvalue weighted by molar-refractivity contribution is -0.118. The first-order valence-electron chi connectivity index (χ1n) is 8.53. The van der Waals surface area contributed by atoms with Gasteiger partial charge in [-0.05, 0) is 30.3 Å². The molecular weight excluding hydrogens is 428 g/mol. The predicted molar refractivity (Wildman–Crippen MR) is 111 cm³/mol. The summed E-state index contributed by atoms with van der Waals surface area (Å²) in [5.74, 6) is 1.23. The Bertz CT molecular complexity index is 1580. The molecule has 11 heteroatoms. The van der Waals surface area contributed by atoms with Crippen LogP contribution in [0.4, 0.5) is 0 Å². The van der Waals surface area contributed by atoms with Crippen molar-refractivity contribution < 1.29 is 17.6 Å². The number of oxazole rings is 1. The molecule has 0 radical (unpaired) electrons. The van der Waals surface area contributed by atoms with Gasteiger partial charge in [0.2, 0.25) is 10.0 Å². The van der Waals surface area contributed by atoms with E-state index < -0.39 is 21.7 Å². The highest BCUT2D eigenvalue weighted by Gasteiger charge is 2.15. The van der Waals surface area contributed by atoms with Crippen LogP contribution in [0.2, 0.25) is 0 Å². The van der Waals surface area contributed by atoms with Crippen LogP contribution < -0.4 is 15.7 Å². The van der Waals surface area contributed by atoms with Crippen molar-refractivity contribution in [3.05, 3.63) is 57.8 Å². The number of hydrogen-bond acceptors (Lipinski definition) is 6. The summed E-state index contributed by atoms with van der Waals surface area (Å²) >= 11 is 1.09. The Morgan fingerprint density at radius 1 is 1.20 bits per heavy atom. The molecule has 2 heterocycles. The van der Waals surface area contributed by atoms with Crippen LogP contribution in [-0.4, -0.2) is 23.5 Å². The minimum Gasteiger partial charge on any atom is -0.408 e. The highest BCUT2D eigenvalue weighted by Crippen LogP contribution is 2.21. The van der Waals surface area contributed by atoms with E-state index in [4.69, 9.17) is 16.0 Å². The van der Waals surface area contributed by atoms with E-state index in [2.05, 4.69) is 10.9 Å². The van der Waals surface area contributed by atoms with E-state index in [0.717, 1.165) is 11.3 Å². The molecule has 0 aliphatic carbocycles. The topological polar surface area (TPSA) is 130 Å². The van der Waals surface area contributed by atoms with Gasteiger partial charge in [-0.3, -0.25) is 9.36 Å². The molecule has 152 valence electrons. The summed E-state index contributed by atoms with van der Waals surface area (Å²) in [6.07, 6.45) is 5.43. The number of nitrogens with two attached hydrogens (primary N) is 1. The number of para-hydroxylation sites is 2. The Balaban J connectivity index is 1.80. The number of nitrogens with zero attached hydrogens (tertiary/aromatic N) is 3. The van der Waals surface area contributed by atoms with Gasteiger partial charge in [0.25, 0.3) is 5.91 Å². The lowest BCUT2D eigenvalue weighted by atomic mass is 10.3. The minimum absolute atomic E-state index is 0.0570. The Morgan fingerprint density at radius 2 is 1.97 bits per heavy atom. The summed E-state index contributed by atoms with van der Waals surface area (Å²) < 4.78 is 31.7. The second-order valence-corrected chi connectivity index (χ2v) is 8.85. The number of aromatic nitrogens is 2. The minimum atomic E-state index is -3.88. The molecule has 9 nitrogen and oxygen atoms in total. The van der Waals surface area contributed by atoms with Crippen molar-refractivity contribution in [3.8, 4) is 12.3 Å². The quantitative estimate of drug-likeness (QED) is 0.472. The molecule has 1 amide bonds. The third-order valence-corrected chi connectivity index (χ3v) is 6.27. The van der Waals surface area contributed by atoms with Crippen LogP contribution in [0.15, 0.2) is 61.6 Å². The van der Waals surface area contributed by atoms with E-state index >= 15 is 0 Å². The third kappa shape index (κ3) is 3.59. The van der Waals surface area contributed by atoms with Crippen LogP contribution >= 0.6 is 11.3 Å². The Kier molecular flexibility index (Phi) is 4.90. The molecule has 0 bridgehead atoms. The van der Waals surface area contributed by atoms with Gasteiger partial charge >= 0.3 is 5.76 Å². The maximum absolute atomic E-state index is 12.6. The molecule has 4 aromatic rings. The monoisotopic (exact) mass is 442 g/mol. The largest absolute Gasteiger partial charge is 0.420 e. The zero-order valence-electron chi connectivity index (χ0n) is 15.3. The van der Waals surface area contributed by atoms with Gasteiger partial charge in [-0.25, -0.2) is 18.4 Å². The Hall–Kier alpha value is -3.46. The Morgan fingerprint density at radius 3 is 2.70 bits per heavy atom. The normalized spacial score (nSPS) is 12.5. The average Bonchev–Trinajstić information content (AvgIpc) is 3.18. The maximum Gasteiger partial charge on any atom is 0.420 e. The van der Waals surface area contributed by atoms with E-state index in [1.807, 2.05) is 0 Å². The Labute approximate surface area is 173 Å². The maximum atomic E-state index is 12.6. The van der Waals surface area contributed by atoms with Crippen LogP contribution in [0.5, 0.6) is 0 Å².